The maximum absolute atomic E-state index is 10.9. The first kappa shape index (κ1) is 15.7. The molecular weight excluding hydrogens is 238 g/mol. The highest BCUT2D eigenvalue weighted by Crippen LogP contribution is 2.17. The quantitative estimate of drug-likeness (QED) is 0.755. The van der Waals surface area contributed by atoms with E-state index in [9.17, 15) is 4.79 Å². The second-order valence-corrected chi connectivity index (χ2v) is 5.63. The number of nitrogens with one attached hydrogen (secondary N) is 1. The average molecular weight is 263 g/mol. The molecule has 0 saturated heterocycles. The predicted octanol–water partition coefficient (Wildman–Crippen LogP) is 3.47. The Hall–Kier alpha value is -1.35. The first-order valence-electron chi connectivity index (χ1n) is 6.99. The van der Waals surface area contributed by atoms with Crippen LogP contribution in [0.4, 0.5) is 0 Å². The number of carboxylic acid groups (broad SMARTS) is 1. The van der Waals surface area contributed by atoms with Crippen LogP contribution in [0.25, 0.3) is 0 Å². The summed E-state index contributed by atoms with van der Waals surface area (Å²) in [5, 5.41) is 12.4. The molecule has 0 saturated carbocycles. The smallest absolute Gasteiger partial charge is 0.303 e. The van der Waals surface area contributed by atoms with Crippen molar-refractivity contribution < 1.29 is 9.90 Å². The second kappa shape index (κ2) is 7.95. The van der Waals surface area contributed by atoms with Gasteiger partial charge in [0.15, 0.2) is 0 Å². The molecule has 0 bridgehead atoms. The van der Waals surface area contributed by atoms with Crippen LogP contribution in [0.5, 0.6) is 0 Å². The molecule has 3 heteroatoms. The number of hydrogen-bond acceptors (Lipinski definition) is 2. The molecule has 3 nitrogen and oxygen atoms in total. The van der Waals surface area contributed by atoms with Crippen molar-refractivity contribution in [1.82, 2.24) is 5.32 Å². The fraction of sp³-hybridized carbons (Fsp3) is 0.562. The van der Waals surface area contributed by atoms with Crippen LogP contribution in [0.3, 0.4) is 0 Å². The van der Waals surface area contributed by atoms with E-state index in [1.807, 2.05) is 18.2 Å². The van der Waals surface area contributed by atoms with Gasteiger partial charge in [-0.1, -0.05) is 44.2 Å². The van der Waals surface area contributed by atoms with Gasteiger partial charge in [-0.15, -0.1) is 0 Å². The van der Waals surface area contributed by atoms with Crippen molar-refractivity contribution in [1.29, 1.82) is 0 Å². The Kier molecular flexibility index (Phi) is 6.57. The fourth-order valence-corrected chi connectivity index (χ4v) is 2.36. The highest BCUT2D eigenvalue weighted by molar-refractivity contribution is 5.67. The molecule has 0 amide bonds. The Bertz CT molecular complexity index is 376. The number of hydrogen-bond donors (Lipinski definition) is 2. The summed E-state index contributed by atoms with van der Waals surface area (Å²) >= 11 is 0. The molecule has 0 aliphatic carbocycles. The lowest BCUT2D eigenvalue weighted by atomic mass is 9.93. The summed E-state index contributed by atoms with van der Waals surface area (Å²) < 4.78 is 0. The van der Waals surface area contributed by atoms with Crippen LogP contribution in [0.1, 0.15) is 45.2 Å². The van der Waals surface area contributed by atoms with Crippen molar-refractivity contribution >= 4 is 5.97 Å². The molecule has 0 aromatic heterocycles. The summed E-state index contributed by atoms with van der Waals surface area (Å²) in [5.74, 6) is 0.0154. The van der Waals surface area contributed by atoms with Gasteiger partial charge in [0.05, 0.1) is 0 Å². The van der Waals surface area contributed by atoms with Gasteiger partial charge in [-0.2, -0.15) is 0 Å². The topological polar surface area (TPSA) is 49.3 Å². The van der Waals surface area contributed by atoms with E-state index in [-0.39, 0.29) is 18.4 Å². The first-order valence-corrected chi connectivity index (χ1v) is 6.99. The van der Waals surface area contributed by atoms with E-state index in [1.165, 1.54) is 5.56 Å². The van der Waals surface area contributed by atoms with Gasteiger partial charge in [-0.3, -0.25) is 4.79 Å². The molecule has 0 fully saturated rings. The zero-order valence-electron chi connectivity index (χ0n) is 12.1. The maximum atomic E-state index is 10.9. The van der Waals surface area contributed by atoms with Crippen molar-refractivity contribution in [3.63, 3.8) is 0 Å². The SMILES string of the molecule is CC(C)CC(CN[C@H](C)c1ccccc1)CC(=O)O. The van der Waals surface area contributed by atoms with E-state index in [4.69, 9.17) is 5.11 Å². The Morgan fingerprint density at radius 3 is 2.37 bits per heavy atom. The van der Waals surface area contributed by atoms with E-state index in [2.05, 4.69) is 38.2 Å². The Morgan fingerprint density at radius 1 is 1.21 bits per heavy atom. The molecular formula is C16H25NO2. The molecule has 1 unspecified atom stereocenters. The van der Waals surface area contributed by atoms with Gasteiger partial charge in [0, 0.05) is 12.5 Å². The van der Waals surface area contributed by atoms with Gasteiger partial charge in [-0.25, -0.2) is 0 Å². The minimum absolute atomic E-state index is 0.198. The largest absolute Gasteiger partial charge is 0.481 e. The Labute approximate surface area is 116 Å². The Balaban J connectivity index is 2.48. The molecule has 19 heavy (non-hydrogen) atoms. The van der Waals surface area contributed by atoms with Crippen molar-refractivity contribution in [3.8, 4) is 0 Å². The number of rotatable bonds is 8. The van der Waals surface area contributed by atoms with Crippen LogP contribution in [0.2, 0.25) is 0 Å². The summed E-state index contributed by atoms with van der Waals surface area (Å²) in [6.07, 6.45) is 1.19. The highest BCUT2D eigenvalue weighted by atomic mass is 16.4. The molecule has 1 aromatic carbocycles. The van der Waals surface area contributed by atoms with Gasteiger partial charge in [-0.05, 0) is 37.3 Å². The highest BCUT2D eigenvalue weighted by Gasteiger charge is 2.16. The summed E-state index contributed by atoms with van der Waals surface area (Å²) in [5.41, 5.74) is 1.24. The number of benzene rings is 1. The van der Waals surface area contributed by atoms with Crippen LogP contribution in [0, 0.1) is 11.8 Å². The minimum atomic E-state index is -0.709. The van der Waals surface area contributed by atoms with Crippen molar-refractivity contribution in [2.24, 2.45) is 11.8 Å². The summed E-state index contributed by atoms with van der Waals surface area (Å²) in [6, 6.07) is 10.5. The normalized spacial score (nSPS) is 14.3. The molecule has 2 atom stereocenters. The fourth-order valence-electron chi connectivity index (χ4n) is 2.36. The standard InChI is InChI=1S/C16H25NO2/c1-12(2)9-14(10-16(18)19)11-17-13(3)15-7-5-4-6-8-15/h4-8,12-14,17H,9-11H2,1-3H3,(H,18,19)/t13-,14?/m1/s1. The molecule has 106 valence electrons. The second-order valence-electron chi connectivity index (χ2n) is 5.63. The molecule has 2 N–H and O–H groups in total. The third-order valence-electron chi connectivity index (χ3n) is 3.28. The number of carbonyl (C=O) groups is 1. The maximum Gasteiger partial charge on any atom is 0.303 e. The molecule has 0 spiro atoms. The van der Waals surface area contributed by atoms with Crippen molar-refractivity contribution in [2.75, 3.05) is 6.54 Å². The summed E-state index contributed by atoms with van der Waals surface area (Å²) in [6.45, 7) is 7.13. The van der Waals surface area contributed by atoms with Crippen molar-refractivity contribution in [2.45, 2.75) is 39.7 Å². The van der Waals surface area contributed by atoms with E-state index < -0.39 is 5.97 Å². The molecule has 0 aliphatic rings. The van der Waals surface area contributed by atoms with Crippen LogP contribution in [-0.2, 0) is 4.79 Å². The van der Waals surface area contributed by atoms with Crippen LogP contribution < -0.4 is 5.32 Å². The summed E-state index contributed by atoms with van der Waals surface area (Å²) in [7, 11) is 0. The monoisotopic (exact) mass is 263 g/mol. The zero-order chi connectivity index (χ0) is 14.3. The third-order valence-corrected chi connectivity index (χ3v) is 3.28. The van der Waals surface area contributed by atoms with Crippen LogP contribution >= 0.6 is 0 Å². The summed E-state index contributed by atoms with van der Waals surface area (Å²) in [4.78, 5) is 10.9. The van der Waals surface area contributed by atoms with E-state index in [0.717, 1.165) is 13.0 Å². The van der Waals surface area contributed by atoms with Gasteiger partial charge in [0.25, 0.3) is 0 Å². The zero-order valence-corrected chi connectivity index (χ0v) is 12.1. The third kappa shape index (κ3) is 6.39. The van der Waals surface area contributed by atoms with Gasteiger partial charge >= 0.3 is 5.97 Å². The van der Waals surface area contributed by atoms with Gasteiger partial charge in [0.2, 0.25) is 0 Å². The predicted molar refractivity (Wildman–Crippen MR) is 78.1 cm³/mol. The molecule has 1 aromatic rings. The van der Waals surface area contributed by atoms with Gasteiger partial charge < -0.3 is 10.4 Å². The molecule has 0 aliphatic heterocycles. The lowest BCUT2D eigenvalue weighted by molar-refractivity contribution is -0.138. The van der Waals surface area contributed by atoms with E-state index >= 15 is 0 Å². The Morgan fingerprint density at radius 2 is 1.84 bits per heavy atom. The average Bonchev–Trinajstić information content (AvgIpc) is 2.35. The van der Waals surface area contributed by atoms with Crippen LogP contribution in [0.15, 0.2) is 30.3 Å². The molecule has 1 rings (SSSR count). The molecule has 0 heterocycles. The van der Waals surface area contributed by atoms with E-state index in [1.54, 1.807) is 0 Å². The lowest BCUT2D eigenvalue weighted by Gasteiger charge is -2.21. The molecule has 0 radical (unpaired) electrons. The lowest BCUT2D eigenvalue weighted by Crippen LogP contribution is -2.28. The van der Waals surface area contributed by atoms with Crippen molar-refractivity contribution in [3.05, 3.63) is 35.9 Å². The van der Waals surface area contributed by atoms with Gasteiger partial charge in [0.1, 0.15) is 0 Å². The first-order chi connectivity index (χ1) is 8.99. The van der Waals surface area contributed by atoms with E-state index in [0.29, 0.717) is 5.92 Å². The number of aliphatic carboxylic acids is 1. The minimum Gasteiger partial charge on any atom is -0.481 e. The number of carboxylic acids is 1. The van der Waals surface area contributed by atoms with Crippen LogP contribution in [-0.4, -0.2) is 17.6 Å².